The Balaban J connectivity index is 1.48. The second-order valence-corrected chi connectivity index (χ2v) is 11.0. The van der Waals surface area contributed by atoms with Gasteiger partial charge in [-0.15, -0.1) is 0 Å². The van der Waals surface area contributed by atoms with Crippen molar-refractivity contribution in [1.29, 1.82) is 0 Å². The fraction of sp³-hybridized carbons (Fsp3) is 0.333. The number of nitrogens with zero attached hydrogens (tertiary/aromatic N) is 2. The Bertz CT molecular complexity index is 1310. The summed E-state index contributed by atoms with van der Waals surface area (Å²) in [5, 5.41) is 0.773. The van der Waals surface area contributed by atoms with Crippen molar-refractivity contribution in [2.45, 2.75) is 31.1 Å². The summed E-state index contributed by atoms with van der Waals surface area (Å²) < 4.78 is 27.5. The molecule has 0 saturated carbocycles. The Morgan fingerprint density at radius 1 is 0.938 bits per heavy atom. The minimum Gasteiger partial charge on any atom is -0.336 e. The van der Waals surface area contributed by atoms with E-state index >= 15 is 0 Å². The highest BCUT2D eigenvalue weighted by Crippen LogP contribution is 2.25. The molecular weight excluding hydrogens is 426 g/mol. The third kappa shape index (κ3) is 4.20. The van der Waals surface area contributed by atoms with Crippen LogP contribution >= 0.6 is 0 Å². The maximum atomic E-state index is 13.1. The second-order valence-electron chi connectivity index (χ2n) is 9.07. The first-order valence-electron chi connectivity index (χ1n) is 10.6. The van der Waals surface area contributed by atoms with E-state index in [0.29, 0.717) is 5.52 Å². The number of sulfonamides is 1. The van der Waals surface area contributed by atoms with Crippen LogP contribution in [0.15, 0.2) is 64.3 Å². The minimum absolute atomic E-state index is 0.0606. The van der Waals surface area contributed by atoms with Gasteiger partial charge in [-0.05, 0) is 40.6 Å². The number of aromatic amines is 1. The molecule has 168 valence electrons. The summed E-state index contributed by atoms with van der Waals surface area (Å²) in [6, 6.07) is 15.8. The van der Waals surface area contributed by atoms with E-state index < -0.39 is 15.6 Å². The Labute approximate surface area is 187 Å². The van der Waals surface area contributed by atoms with Gasteiger partial charge in [0.1, 0.15) is 5.56 Å². The van der Waals surface area contributed by atoms with E-state index in [9.17, 15) is 18.0 Å². The Hall–Kier alpha value is -2.97. The van der Waals surface area contributed by atoms with Crippen molar-refractivity contribution in [1.82, 2.24) is 14.2 Å². The molecule has 7 nitrogen and oxygen atoms in total. The van der Waals surface area contributed by atoms with Crippen LogP contribution in [0.25, 0.3) is 10.9 Å². The number of hydrogen-bond donors (Lipinski definition) is 1. The fourth-order valence-corrected chi connectivity index (χ4v) is 5.31. The number of pyridine rings is 1. The zero-order valence-corrected chi connectivity index (χ0v) is 19.3. The van der Waals surface area contributed by atoms with E-state index in [0.717, 1.165) is 10.9 Å². The van der Waals surface area contributed by atoms with Crippen molar-refractivity contribution in [3.8, 4) is 0 Å². The van der Waals surface area contributed by atoms with E-state index in [2.05, 4.69) is 25.8 Å². The van der Waals surface area contributed by atoms with Gasteiger partial charge in [-0.25, -0.2) is 8.42 Å². The summed E-state index contributed by atoms with van der Waals surface area (Å²) in [5.41, 5.74) is 1.30. The number of para-hydroxylation sites is 1. The molecule has 4 rings (SSSR count). The molecule has 0 radical (unpaired) electrons. The number of carbonyl (C=O) groups excluding carboxylic acids is 1. The molecule has 0 bridgehead atoms. The SMILES string of the molecule is CC(C)(C)c1ccc(S(=O)(=O)N2CCN(C(=O)c3cc4ccccc4[nH]c3=O)CC2)cc1. The lowest BCUT2D eigenvalue weighted by Gasteiger charge is -2.34. The minimum atomic E-state index is -3.65. The highest BCUT2D eigenvalue weighted by Gasteiger charge is 2.31. The molecular formula is C24H27N3O4S. The van der Waals surface area contributed by atoms with E-state index in [4.69, 9.17) is 0 Å². The van der Waals surface area contributed by atoms with E-state index in [1.165, 1.54) is 9.21 Å². The summed E-state index contributed by atoms with van der Waals surface area (Å²) in [4.78, 5) is 29.9. The highest BCUT2D eigenvalue weighted by atomic mass is 32.2. The molecule has 3 aromatic rings. The number of amides is 1. The summed E-state index contributed by atoms with van der Waals surface area (Å²) in [6.07, 6.45) is 0. The van der Waals surface area contributed by atoms with Crippen molar-refractivity contribution in [3.63, 3.8) is 0 Å². The van der Waals surface area contributed by atoms with Crippen LogP contribution in [0.5, 0.6) is 0 Å². The first-order chi connectivity index (χ1) is 15.1. The van der Waals surface area contributed by atoms with E-state index in [1.54, 1.807) is 24.3 Å². The van der Waals surface area contributed by atoms with Crippen LogP contribution in [0.3, 0.4) is 0 Å². The molecule has 32 heavy (non-hydrogen) atoms. The van der Waals surface area contributed by atoms with Gasteiger partial charge in [0.05, 0.1) is 4.90 Å². The van der Waals surface area contributed by atoms with E-state index in [1.807, 2.05) is 30.3 Å². The lowest BCUT2D eigenvalue weighted by molar-refractivity contribution is 0.0696. The van der Waals surface area contributed by atoms with Gasteiger partial charge in [0.25, 0.3) is 11.5 Å². The fourth-order valence-electron chi connectivity index (χ4n) is 3.88. The maximum Gasteiger partial charge on any atom is 0.261 e. The Morgan fingerprint density at radius 3 is 2.19 bits per heavy atom. The molecule has 1 saturated heterocycles. The molecule has 0 unspecified atom stereocenters. The molecule has 2 aromatic carbocycles. The summed E-state index contributed by atoms with van der Waals surface area (Å²) in [5.74, 6) is -0.386. The molecule has 0 spiro atoms. The van der Waals surface area contributed by atoms with Crippen LogP contribution < -0.4 is 5.56 Å². The number of carbonyl (C=O) groups is 1. The van der Waals surface area contributed by atoms with Crippen LogP contribution in [-0.4, -0.2) is 54.7 Å². The third-order valence-electron chi connectivity index (χ3n) is 5.87. The normalized spacial score (nSPS) is 15.8. The van der Waals surface area contributed by atoms with Crippen molar-refractivity contribution in [3.05, 3.63) is 76.1 Å². The largest absolute Gasteiger partial charge is 0.336 e. The van der Waals surface area contributed by atoms with Gasteiger partial charge < -0.3 is 9.88 Å². The van der Waals surface area contributed by atoms with Crippen molar-refractivity contribution in [2.75, 3.05) is 26.2 Å². The number of benzene rings is 2. The second kappa shape index (κ2) is 8.18. The predicted molar refractivity (Wildman–Crippen MR) is 124 cm³/mol. The number of piperazine rings is 1. The Morgan fingerprint density at radius 2 is 1.56 bits per heavy atom. The molecule has 1 aromatic heterocycles. The number of H-pyrrole nitrogens is 1. The van der Waals surface area contributed by atoms with Gasteiger partial charge in [0.2, 0.25) is 10.0 Å². The molecule has 1 aliphatic rings. The zero-order chi connectivity index (χ0) is 23.1. The summed E-state index contributed by atoms with van der Waals surface area (Å²) in [7, 11) is -3.65. The van der Waals surface area contributed by atoms with E-state index in [-0.39, 0.29) is 48.0 Å². The van der Waals surface area contributed by atoms with Crippen LogP contribution in [0.2, 0.25) is 0 Å². The molecule has 1 fully saturated rings. The molecule has 2 heterocycles. The average molecular weight is 454 g/mol. The Kier molecular flexibility index (Phi) is 5.68. The highest BCUT2D eigenvalue weighted by molar-refractivity contribution is 7.89. The van der Waals surface area contributed by atoms with Gasteiger partial charge in [-0.1, -0.05) is 51.1 Å². The molecule has 1 N–H and O–H groups in total. The van der Waals surface area contributed by atoms with Gasteiger partial charge in [0.15, 0.2) is 0 Å². The average Bonchev–Trinajstić information content (AvgIpc) is 2.78. The van der Waals surface area contributed by atoms with Gasteiger partial charge in [-0.2, -0.15) is 4.31 Å². The number of aromatic nitrogens is 1. The van der Waals surface area contributed by atoms with Crippen LogP contribution in [-0.2, 0) is 15.4 Å². The first-order valence-corrected chi connectivity index (χ1v) is 12.0. The van der Waals surface area contributed by atoms with Crippen molar-refractivity contribution < 1.29 is 13.2 Å². The smallest absolute Gasteiger partial charge is 0.261 e. The third-order valence-corrected chi connectivity index (χ3v) is 7.78. The summed E-state index contributed by atoms with van der Waals surface area (Å²) >= 11 is 0. The zero-order valence-electron chi connectivity index (χ0n) is 18.5. The molecule has 1 amide bonds. The predicted octanol–water partition coefficient (Wildman–Crippen LogP) is 2.97. The maximum absolute atomic E-state index is 13.1. The van der Waals surface area contributed by atoms with Crippen LogP contribution in [0.1, 0.15) is 36.7 Å². The number of nitrogens with one attached hydrogen (secondary N) is 1. The molecule has 0 atom stereocenters. The van der Waals surface area contributed by atoms with Gasteiger partial charge >= 0.3 is 0 Å². The van der Waals surface area contributed by atoms with Crippen molar-refractivity contribution in [2.24, 2.45) is 0 Å². The van der Waals surface area contributed by atoms with Crippen molar-refractivity contribution >= 4 is 26.8 Å². The lowest BCUT2D eigenvalue weighted by Crippen LogP contribution is -2.51. The standard InChI is InChI=1S/C24H27N3O4S/c1-24(2,3)18-8-10-19(11-9-18)32(30,31)27-14-12-26(13-15-27)23(29)20-16-17-6-4-5-7-21(17)25-22(20)28/h4-11,16H,12-15H2,1-3H3,(H,25,28). The quantitative estimate of drug-likeness (QED) is 0.660. The topological polar surface area (TPSA) is 90.6 Å². The lowest BCUT2D eigenvalue weighted by atomic mass is 9.87. The summed E-state index contributed by atoms with van der Waals surface area (Å²) in [6.45, 7) is 7.05. The van der Waals surface area contributed by atoms with Gasteiger partial charge in [-0.3, -0.25) is 9.59 Å². The van der Waals surface area contributed by atoms with Gasteiger partial charge in [0, 0.05) is 31.7 Å². The number of hydrogen-bond acceptors (Lipinski definition) is 4. The molecule has 1 aliphatic heterocycles. The monoisotopic (exact) mass is 453 g/mol. The van der Waals surface area contributed by atoms with Crippen LogP contribution in [0.4, 0.5) is 0 Å². The number of rotatable bonds is 3. The van der Waals surface area contributed by atoms with Crippen LogP contribution in [0, 0.1) is 0 Å². The first kappa shape index (κ1) is 22.2. The molecule has 0 aliphatic carbocycles. The molecule has 8 heteroatoms. The number of fused-ring (bicyclic) bond motifs is 1.